The van der Waals surface area contributed by atoms with Crippen molar-refractivity contribution in [3.8, 4) is 0 Å². The number of hydrogen-bond acceptors (Lipinski definition) is 3. The Labute approximate surface area is 96.2 Å². The number of nitrogens with one attached hydrogen (secondary N) is 1. The Morgan fingerprint density at radius 1 is 1.47 bits per heavy atom. The van der Waals surface area contributed by atoms with E-state index in [1.165, 1.54) is 0 Å². The molecule has 0 aliphatic carbocycles. The van der Waals surface area contributed by atoms with E-state index in [4.69, 9.17) is 9.84 Å². The van der Waals surface area contributed by atoms with Gasteiger partial charge in [-0.25, -0.2) is 8.78 Å². The summed E-state index contributed by atoms with van der Waals surface area (Å²) in [7, 11) is 0. The molecule has 2 N–H and O–H groups in total. The van der Waals surface area contributed by atoms with Gasteiger partial charge in [0.05, 0.1) is 12.7 Å². The lowest BCUT2D eigenvalue weighted by Gasteiger charge is -2.28. The number of carbonyl (C=O) groups is 1. The molecule has 17 heavy (non-hydrogen) atoms. The number of ether oxygens (including phenoxy) is 1. The van der Waals surface area contributed by atoms with E-state index in [2.05, 4.69) is 5.32 Å². The van der Waals surface area contributed by atoms with Gasteiger partial charge in [0.25, 0.3) is 0 Å². The lowest BCUT2D eigenvalue weighted by Crippen LogP contribution is -2.47. The third-order valence-electron chi connectivity index (χ3n) is 2.62. The summed E-state index contributed by atoms with van der Waals surface area (Å²) < 4.78 is 31.6. The predicted octanol–water partition coefficient (Wildman–Crippen LogP) is 1.08. The van der Waals surface area contributed by atoms with Gasteiger partial charge in [-0.1, -0.05) is 0 Å². The normalized spacial score (nSPS) is 24.6. The van der Waals surface area contributed by atoms with Crippen molar-refractivity contribution in [1.29, 1.82) is 0 Å². The van der Waals surface area contributed by atoms with Crippen LogP contribution in [0.5, 0.6) is 0 Å². The molecule has 0 radical (unpaired) electrons. The monoisotopic (exact) mass is 243 g/mol. The van der Waals surface area contributed by atoms with Crippen molar-refractivity contribution in [2.75, 3.05) is 13.2 Å². The maximum Gasteiger partial charge on any atom is 0.323 e. The summed E-state index contributed by atoms with van der Waals surface area (Å²) in [4.78, 5) is 10.6. The average molecular weight is 243 g/mol. The van der Waals surface area contributed by atoms with Crippen molar-refractivity contribution in [3.63, 3.8) is 0 Å². The zero-order valence-corrected chi connectivity index (χ0v) is 8.82. The van der Waals surface area contributed by atoms with Crippen LogP contribution in [0, 0.1) is 11.6 Å². The Hall–Kier alpha value is -1.53. The molecule has 1 aromatic rings. The summed E-state index contributed by atoms with van der Waals surface area (Å²) in [6, 6.07) is 2.30. The summed E-state index contributed by atoms with van der Waals surface area (Å²) >= 11 is 0. The largest absolute Gasteiger partial charge is 0.480 e. The quantitative estimate of drug-likeness (QED) is 0.816. The smallest absolute Gasteiger partial charge is 0.323 e. The van der Waals surface area contributed by atoms with Gasteiger partial charge in [0, 0.05) is 12.1 Å². The molecule has 1 aliphatic heterocycles. The molecular weight excluding hydrogens is 232 g/mol. The van der Waals surface area contributed by atoms with Crippen LogP contribution in [0.25, 0.3) is 0 Å². The molecule has 1 fully saturated rings. The number of hydrogen-bond donors (Lipinski definition) is 2. The second-order valence-corrected chi connectivity index (χ2v) is 3.79. The van der Waals surface area contributed by atoms with Crippen LogP contribution in [0.4, 0.5) is 8.78 Å². The van der Waals surface area contributed by atoms with E-state index < -0.39 is 29.7 Å². The van der Waals surface area contributed by atoms with Gasteiger partial charge >= 0.3 is 5.97 Å². The van der Waals surface area contributed by atoms with E-state index >= 15 is 0 Å². The van der Waals surface area contributed by atoms with Crippen LogP contribution in [0.2, 0.25) is 0 Å². The Kier molecular flexibility index (Phi) is 3.35. The molecule has 1 saturated heterocycles. The molecule has 1 aromatic carbocycles. The molecule has 4 nitrogen and oxygen atoms in total. The topological polar surface area (TPSA) is 58.6 Å². The standard InChI is InChI=1S/C11H11F2NO3/c12-6-1-2-8(13)7(3-6)10-4-14-9(5-17-10)11(15)16/h1-3,9-10,14H,4-5H2,(H,15,16). The fourth-order valence-electron chi connectivity index (χ4n) is 1.70. The minimum Gasteiger partial charge on any atom is -0.480 e. The van der Waals surface area contributed by atoms with Gasteiger partial charge in [-0.15, -0.1) is 0 Å². The SMILES string of the molecule is O=C(O)C1COC(c2cc(F)ccc2F)CN1. The summed E-state index contributed by atoms with van der Waals surface area (Å²) in [5.74, 6) is -2.14. The maximum absolute atomic E-state index is 13.4. The molecule has 0 saturated carbocycles. The summed E-state index contributed by atoms with van der Waals surface area (Å²) in [5, 5.41) is 11.4. The first kappa shape index (κ1) is 11.9. The number of aliphatic carboxylic acids is 1. The summed E-state index contributed by atoms with van der Waals surface area (Å²) in [6.07, 6.45) is -0.665. The fraction of sp³-hybridized carbons (Fsp3) is 0.364. The first-order valence-corrected chi connectivity index (χ1v) is 5.10. The van der Waals surface area contributed by atoms with Crippen LogP contribution in [-0.4, -0.2) is 30.3 Å². The van der Waals surface area contributed by atoms with E-state index in [9.17, 15) is 13.6 Å². The minimum atomic E-state index is -1.02. The van der Waals surface area contributed by atoms with E-state index in [-0.39, 0.29) is 18.7 Å². The van der Waals surface area contributed by atoms with Crippen molar-refractivity contribution >= 4 is 5.97 Å². The molecule has 1 heterocycles. The van der Waals surface area contributed by atoms with Gasteiger partial charge in [0.1, 0.15) is 17.7 Å². The van der Waals surface area contributed by atoms with E-state index in [0.717, 1.165) is 18.2 Å². The number of benzene rings is 1. The van der Waals surface area contributed by atoms with Crippen molar-refractivity contribution in [1.82, 2.24) is 5.32 Å². The predicted molar refractivity (Wildman–Crippen MR) is 54.5 cm³/mol. The second kappa shape index (κ2) is 4.77. The number of carboxylic acids is 1. The lowest BCUT2D eigenvalue weighted by atomic mass is 10.1. The van der Waals surface area contributed by atoms with E-state index in [1.54, 1.807) is 0 Å². The number of carboxylic acid groups (broad SMARTS) is 1. The van der Waals surface area contributed by atoms with E-state index in [0.29, 0.717) is 0 Å². The molecule has 0 bridgehead atoms. The number of halogens is 2. The Morgan fingerprint density at radius 2 is 2.24 bits per heavy atom. The molecule has 2 unspecified atom stereocenters. The molecule has 2 rings (SSSR count). The minimum absolute atomic E-state index is 0.0735. The third kappa shape index (κ3) is 2.59. The van der Waals surface area contributed by atoms with Gasteiger partial charge in [-0.2, -0.15) is 0 Å². The van der Waals surface area contributed by atoms with Gasteiger partial charge in [-0.05, 0) is 18.2 Å². The van der Waals surface area contributed by atoms with E-state index in [1.807, 2.05) is 0 Å². The third-order valence-corrected chi connectivity index (χ3v) is 2.62. The molecule has 6 heteroatoms. The Morgan fingerprint density at radius 3 is 2.82 bits per heavy atom. The first-order valence-electron chi connectivity index (χ1n) is 5.10. The van der Waals surface area contributed by atoms with Crippen LogP contribution in [0.15, 0.2) is 18.2 Å². The number of morpholine rings is 1. The zero-order chi connectivity index (χ0) is 12.4. The van der Waals surface area contributed by atoms with Crippen LogP contribution < -0.4 is 5.32 Å². The highest BCUT2D eigenvalue weighted by Gasteiger charge is 2.28. The Bertz CT molecular complexity index is 431. The lowest BCUT2D eigenvalue weighted by molar-refractivity contribution is -0.144. The maximum atomic E-state index is 13.4. The van der Waals surface area contributed by atoms with Gasteiger partial charge in [0.2, 0.25) is 0 Å². The highest BCUT2D eigenvalue weighted by atomic mass is 19.1. The van der Waals surface area contributed by atoms with Crippen molar-refractivity contribution in [2.24, 2.45) is 0 Å². The van der Waals surface area contributed by atoms with Gasteiger partial charge < -0.3 is 9.84 Å². The van der Waals surface area contributed by atoms with Gasteiger partial charge in [0.15, 0.2) is 0 Å². The molecule has 0 aromatic heterocycles. The van der Waals surface area contributed by atoms with Crippen LogP contribution in [-0.2, 0) is 9.53 Å². The molecule has 1 aliphatic rings. The van der Waals surface area contributed by atoms with Crippen molar-refractivity contribution in [3.05, 3.63) is 35.4 Å². The molecule has 2 atom stereocenters. The van der Waals surface area contributed by atoms with Crippen molar-refractivity contribution in [2.45, 2.75) is 12.1 Å². The molecule has 0 spiro atoms. The zero-order valence-electron chi connectivity index (χ0n) is 8.82. The highest BCUT2D eigenvalue weighted by Crippen LogP contribution is 2.23. The average Bonchev–Trinajstić information content (AvgIpc) is 2.32. The second-order valence-electron chi connectivity index (χ2n) is 3.79. The Balaban J connectivity index is 2.10. The van der Waals surface area contributed by atoms with Crippen LogP contribution in [0.3, 0.4) is 0 Å². The fourth-order valence-corrected chi connectivity index (χ4v) is 1.70. The molecular formula is C11H11F2NO3. The highest BCUT2D eigenvalue weighted by molar-refractivity contribution is 5.73. The van der Waals surface area contributed by atoms with Crippen LogP contribution >= 0.6 is 0 Å². The first-order chi connectivity index (χ1) is 8.08. The molecule has 0 amide bonds. The molecule has 92 valence electrons. The number of rotatable bonds is 2. The summed E-state index contributed by atoms with van der Waals surface area (Å²) in [6.45, 7) is 0.0628. The summed E-state index contributed by atoms with van der Waals surface area (Å²) in [5.41, 5.74) is 0.0985. The van der Waals surface area contributed by atoms with Crippen LogP contribution in [0.1, 0.15) is 11.7 Å². The van der Waals surface area contributed by atoms with Crippen molar-refractivity contribution < 1.29 is 23.4 Å². The van der Waals surface area contributed by atoms with Gasteiger partial charge in [-0.3, -0.25) is 10.1 Å².